The van der Waals surface area contributed by atoms with Gasteiger partial charge in [0, 0.05) is 61.1 Å². The molecule has 0 amide bonds. The molecule has 4 aliphatic heterocycles. The SMILES string of the molecule is CC(C)[C@H](N)C(=O)OCCNC(=S)Nc1ccc(-c2nc(N3C[C@H]4CC[C@@H](C3)O4)c3cccn3n2)cc1.CN[C@H](C(=O)OCCNC(=S)Nc1ccc(-c2nc(N3C[C@H]4CC[C@@H](C3)O4)c3cccn3n2)cc1)C(C)C.O=C(O)C(F)(F)F. The summed E-state index contributed by atoms with van der Waals surface area (Å²) in [5.41, 5.74) is 11.3. The van der Waals surface area contributed by atoms with Gasteiger partial charge in [-0.05, 0) is 142 Å². The van der Waals surface area contributed by atoms with Gasteiger partial charge in [-0.25, -0.2) is 23.8 Å². The molecule has 27 heteroatoms. The first kappa shape index (κ1) is 60.8. The molecule has 0 spiro atoms. The lowest BCUT2D eigenvalue weighted by Crippen LogP contribution is -2.43. The van der Waals surface area contributed by atoms with Crippen molar-refractivity contribution in [2.75, 3.05) is 80.0 Å². The fraction of sp³-hybridized carbons (Fsp3) is 0.473. The van der Waals surface area contributed by atoms with Gasteiger partial charge in [0.15, 0.2) is 33.5 Å². The summed E-state index contributed by atoms with van der Waals surface area (Å²) < 4.78 is 58.1. The van der Waals surface area contributed by atoms with E-state index in [1.807, 2.05) is 110 Å². The Bertz CT molecular complexity index is 3140. The first-order chi connectivity index (χ1) is 39.2. The van der Waals surface area contributed by atoms with E-state index in [2.05, 4.69) is 48.5 Å². The highest BCUT2D eigenvalue weighted by molar-refractivity contribution is 7.80. The zero-order chi connectivity index (χ0) is 58.7. The number of benzene rings is 2. The van der Waals surface area contributed by atoms with Gasteiger partial charge in [-0.3, -0.25) is 9.59 Å². The Labute approximate surface area is 483 Å². The first-order valence-corrected chi connectivity index (χ1v) is 27.9. The molecule has 6 atom stereocenters. The summed E-state index contributed by atoms with van der Waals surface area (Å²) in [4.78, 5) is 47.5. The number of fused-ring (bicyclic) bond motifs is 6. The number of hydrogen-bond acceptors (Lipinski definition) is 17. The maximum Gasteiger partial charge on any atom is 0.490 e. The Morgan fingerprint density at radius 2 is 1.06 bits per heavy atom. The number of thiocarbonyl (C=S) groups is 2. The maximum absolute atomic E-state index is 12.1. The fourth-order valence-electron chi connectivity index (χ4n) is 9.69. The average molecular weight is 1180 g/mol. The van der Waals surface area contributed by atoms with Crippen LogP contribution in [0, 0.1) is 11.8 Å². The van der Waals surface area contributed by atoms with Crippen molar-refractivity contribution in [2.24, 2.45) is 17.6 Å². The molecular weight excluding hydrogens is 1110 g/mol. The standard InChI is InChI=1S/C27H35N7O3S.C26H33N7O3S.C2HF3O2/c1-17(2)23(28-3)26(35)36-14-12-29-27(38)30-19-8-6-18(7-9-19)24-31-25(22-5-4-13-34(22)32-24)33-15-20-10-11-21(16-33)37-20;1-16(2)22(27)25(34)35-13-11-28-26(37)29-18-7-5-17(6-8-18)23-30-24(21-4-3-12-33(21)31-23)32-14-19-9-10-20(15-32)36-19;3-2(4,5)1(6)7/h4-9,13,17,20-21,23,28H,10-12,14-16H2,1-3H3,(H2,29,30,38);3-8,12,16,19-20,22H,9-11,13-15,27H2,1-2H3,(H2,28,29,37);(H,6,7)/t20-,21+,23-;19-,20+,22-;/m00./s1. The van der Waals surface area contributed by atoms with E-state index in [-0.39, 0.29) is 61.5 Å². The van der Waals surface area contributed by atoms with Gasteiger partial charge < -0.3 is 66.2 Å². The summed E-state index contributed by atoms with van der Waals surface area (Å²) in [6.07, 6.45) is 4.39. The number of aromatic nitrogens is 6. The second kappa shape index (κ2) is 27.6. The van der Waals surface area contributed by atoms with Gasteiger partial charge in [0.1, 0.15) is 36.3 Å². The number of nitrogens with two attached hydrogens (primary N) is 1. The number of anilines is 4. The Morgan fingerprint density at radius 3 is 1.41 bits per heavy atom. The van der Waals surface area contributed by atoms with Gasteiger partial charge in [-0.2, -0.15) is 13.2 Å². The van der Waals surface area contributed by atoms with Crippen LogP contribution < -0.4 is 42.1 Å². The smallest absolute Gasteiger partial charge is 0.475 e. The zero-order valence-corrected chi connectivity index (χ0v) is 47.7. The van der Waals surface area contributed by atoms with Gasteiger partial charge in [0.25, 0.3) is 0 Å². The number of carboxylic acids is 1. The Balaban J connectivity index is 0.000000192. The van der Waals surface area contributed by atoms with Crippen LogP contribution in [0.1, 0.15) is 53.4 Å². The summed E-state index contributed by atoms with van der Waals surface area (Å²) in [5, 5.41) is 32.9. The summed E-state index contributed by atoms with van der Waals surface area (Å²) in [7, 11) is 1.76. The number of alkyl halides is 3. The van der Waals surface area contributed by atoms with E-state index in [4.69, 9.17) is 79.2 Å². The number of likely N-dealkylation sites (N-methyl/N-ethyl adjacent to an activating group) is 1. The third kappa shape index (κ3) is 16.0. The Hall–Kier alpha value is -7.30. The van der Waals surface area contributed by atoms with Gasteiger partial charge in [-0.15, -0.1) is 10.2 Å². The lowest BCUT2D eigenvalue weighted by atomic mass is 10.1. The number of carboxylic acid groups (broad SMARTS) is 1. The monoisotopic (exact) mass is 1170 g/mol. The number of nitrogens with zero attached hydrogens (tertiary/aromatic N) is 8. The number of carbonyl (C=O) groups is 3. The molecule has 4 aliphatic rings. The molecular formula is C55H69F3N14O8S2. The molecule has 8 N–H and O–H groups in total. The topological polar surface area (TPSA) is 261 Å². The van der Waals surface area contributed by atoms with Crippen molar-refractivity contribution in [2.45, 2.75) is 96.1 Å². The summed E-state index contributed by atoms with van der Waals surface area (Å²) >= 11 is 10.8. The molecule has 2 aromatic carbocycles. The van der Waals surface area contributed by atoms with Crippen LogP contribution in [0.5, 0.6) is 0 Å². The lowest BCUT2D eigenvalue weighted by molar-refractivity contribution is -0.192. The quantitative estimate of drug-likeness (QED) is 0.0312. The van der Waals surface area contributed by atoms with Gasteiger partial charge in [-0.1, -0.05) is 27.7 Å². The normalized spacial score (nSPS) is 18.9. The number of carbonyl (C=O) groups excluding carboxylic acids is 2. The summed E-state index contributed by atoms with van der Waals surface area (Å²) in [5.74, 6) is -0.0260. The van der Waals surface area contributed by atoms with Crippen LogP contribution in [-0.2, 0) is 33.3 Å². The molecule has 0 saturated carbocycles. The third-order valence-electron chi connectivity index (χ3n) is 14.0. The second-order valence-electron chi connectivity index (χ2n) is 20.8. The number of rotatable bonds is 17. The number of halogens is 3. The zero-order valence-electron chi connectivity index (χ0n) is 46.1. The molecule has 8 heterocycles. The van der Waals surface area contributed by atoms with Crippen molar-refractivity contribution in [3.05, 3.63) is 85.2 Å². The number of morpholine rings is 2. The van der Waals surface area contributed by atoms with Crippen molar-refractivity contribution in [3.63, 3.8) is 0 Å². The number of ether oxygens (including phenoxy) is 4. The number of nitrogens with one attached hydrogen (secondary N) is 5. The Morgan fingerprint density at radius 1 is 0.671 bits per heavy atom. The van der Waals surface area contributed by atoms with Crippen LogP contribution in [0.4, 0.5) is 36.2 Å². The summed E-state index contributed by atoms with van der Waals surface area (Å²) in [6.45, 7) is 12.3. The summed E-state index contributed by atoms with van der Waals surface area (Å²) in [6, 6.07) is 22.8. The minimum absolute atomic E-state index is 0.0304. The number of esters is 2. The molecule has 0 aliphatic carbocycles. The van der Waals surface area contributed by atoms with E-state index in [1.165, 1.54) is 0 Å². The number of hydrogen-bond donors (Lipinski definition) is 7. The highest BCUT2D eigenvalue weighted by Gasteiger charge is 2.39. The fourth-order valence-corrected chi connectivity index (χ4v) is 10.1. The van der Waals surface area contributed by atoms with Crippen LogP contribution in [0.3, 0.4) is 0 Å². The van der Waals surface area contributed by atoms with Crippen LogP contribution in [0.25, 0.3) is 33.8 Å². The predicted octanol–water partition coefficient (Wildman–Crippen LogP) is 6.05. The van der Waals surface area contributed by atoms with E-state index < -0.39 is 24.2 Å². The molecule has 0 unspecified atom stereocenters. The predicted molar refractivity (Wildman–Crippen MR) is 312 cm³/mol. The molecule has 4 fully saturated rings. The van der Waals surface area contributed by atoms with Crippen molar-refractivity contribution >= 4 is 86.6 Å². The molecule has 0 radical (unpaired) electrons. The molecule has 10 rings (SSSR count). The van der Waals surface area contributed by atoms with Crippen LogP contribution in [0.15, 0.2) is 85.2 Å². The van der Waals surface area contributed by atoms with Crippen LogP contribution in [0.2, 0.25) is 0 Å². The van der Waals surface area contributed by atoms with Crippen LogP contribution >= 0.6 is 24.4 Å². The molecule has 6 aromatic rings. The van der Waals surface area contributed by atoms with Gasteiger partial charge in [0.2, 0.25) is 0 Å². The average Bonchev–Trinajstić information content (AvgIpc) is 4.38. The highest BCUT2D eigenvalue weighted by atomic mass is 32.1. The van der Waals surface area contributed by atoms with E-state index in [1.54, 1.807) is 7.05 Å². The van der Waals surface area contributed by atoms with Crippen molar-refractivity contribution in [1.29, 1.82) is 0 Å². The minimum Gasteiger partial charge on any atom is -0.475 e. The molecule has 4 bridgehead atoms. The van der Waals surface area contributed by atoms with E-state index in [9.17, 15) is 22.8 Å². The third-order valence-corrected chi connectivity index (χ3v) is 14.5. The molecule has 4 aromatic heterocycles. The largest absolute Gasteiger partial charge is 0.490 e. The minimum atomic E-state index is -5.08. The first-order valence-electron chi connectivity index (χ1n) is 27.1. The van der Waals surface area contributed by atoms with E-state index in [0.717, 1.165) is 97.0 Å². The number of aliphatic carboxylic acids is 1. The lowest BCUT2D eigenvalue weighted by Gasteiger charge is -2.33. The molecule has 82 heavy (non-hydrogen) atoms. The molecule has 440 valence electrons. The molecule has 22 nitrogen and oxygen atoms in total. The van der Waals surface area contributed by atoms with Crippen molar-refractivity contribution < 1.29 is 51.6 Å². The van der Waals surface area contributed by atoms with Gasteiger partial charge >= 0.3 is 24.1 Å². The maximum atomic E-state index is 12.1. The Kier molecular flexibility index (Phi) is 20.5. The van der Waals surface area contributed by atoms with E-state index in [0.29, 0.717) is 35.0 Å². The van der Waals surface area contributed by atoms with E-state index >= 15 is 0 Å². The van der Waals surface area contributed by atoms with Gasteiger partial charge in [0.05, 0.1) is 37.5 Å². The van der Waals surface area contributed by atoms with Crippen molar-refractivity contribution in [3.8, 4) is 22.8 Å². The van der Waals surface area contributed by atoms with Crippen LogP contribution in [-0.4, -0.2) is 165 Å². The highest BCUT2D eigenvalue weighted by Crippen LogP contribution is 2.34. The molecule has 4 saturated heterocycles. The van der Waals surface area contributed by atoms with Crippen molar-refractivity contribution in [1.82, 2.24) is 45.1 Å². The second-order valence-corrected chi connectivity index (χ2v) is 21.6.